The zero-order valence-corrected chi connectivity index (χ0v) is 16.3. The number of carbonyl (C=O) groups excluding carboxylic acids is 3. The molecular weight excluding hydrogens is 348 g/mol. The Kier molecular flexibility index (Phi) is 7.28. The maximum atomic E-state index is 13.2. The number of amides is 3. The Morgan fingerprint density at radius 3 is 2.15 bits per heavy atom. The van der Waals surface area contributed by atoms with E-state index in [0.717, 1.165) is 4.90 Å². The Bertz CT molecular complexity index is 702. The SMILES string of the molecule is CCC(C)(C(=O)O)C(CCC(C)(C)C(N)=O)C(=O)N(C=O)c1ccccc1. The molecule has 0 saturated heterocycles. The third kappa shape index (κ3) is 4.93. The van der Waals surface area contributed by atoms with E-state index < -0.39 is 34.5 Å². The summed E-state index contributed by atoms with van der Waals surface area (Å²) < 4.78 is 0. The van der Waals surface area contributed by atoms with Gasteiger partial charge in [0.25, 0.3) is 0 Å². The van der Waals surface area contributed by atoms with Crippen molar-refractivity contribution in [3.63, 3.8) is 0 Å². The molecule has 2 atom stereocenters. The lowest BCUT2D eigenvalue weighted by Crippen LogP contribution is -2.47. The summed E-state index contributed by atoms with van der Waals surface area (Å²) in [7, 11) is 0. The van der Waals surface area contributed by atoms with Gasteiger partial charge in [0.15, 0.2) is 0 Å². The van der Waals surface area contributed by atoms with Crippen molar-refractivity contribution < 1.29 is 24.3 Å². The molecule has 0 aliphatic heterocycles. The van der Waals surface area contributed by atoms with Crippen molar-refractivity contribution in [2.24, 2.45) is 22.5 Å². The summed E-state index contributed by atoms with van der Waals surface area (Å²) in [4.78, 5) is 49.3. The van der Waals surface area contributed by atoms with Crippen molar-refractivity contribution in [2.75, 3.05) is 4.90 Å². The third-order valence-corrected chi connectivity index (χ3v) is 5.39. The van der Waals surface area contributed by atoms with Crippen LogP contribution in [0.1, 0.15) is 47.0 Å². The van der Waals surface area contributed by atoms with Gasteiger partial charge in [-0.05, 0) is 38.3 Å². The fourth-order valence-electron chi connectivity index (χ4n) is 2.89. The zero-order chi connectivity index (χ0) is 20.8. The lowest BCUT2D eigenvalue weighted by atomic mass is 9.70. The predicted molar refractivity (Wildman–Crippen MR) is 102 cm³/mol. The summed E-state index contributed by atoms with van der Waals surface area (Å²) in [6.45, 7) is 6.47. The highest BCUT2D eigenvalue weighted by atomic mass is 16.4. The molecule has 0 bridgehead atoms. The maximum Gasteiger partial charge on any atom is 0.310 e. The van der Waals surface area contributed by atoms with E-state index in [9.17, 15) is 24.3 Å². The monoisotopic (exact) mass is 376 g/mol. The van der Waals surface area contributed by atoms with Crippen molar-refractivity contribution in [2.45, 2.75) is 47.0 Å². The van der Waals surface area contributed by atoms with E-state index in [1.54, 1.807) is 51.1 Å². The quantitative estimate of drug-likeness (QED) is 0.609. The van der Waals surface area contributed by atoms with E-state index in [2.05, 4.69) is 0 Å². The minimum Gasteiger partial charge on any atom is -0.481 e. The number of para-hydroxylation sites is 1. The minimum absolute atomic E-state index is 0.114. The Hall–Kier alpha value is -2.70. The molecule has 0 spiro atoms. The van der Waals surface area contributed by atoms with E-state index in [1.165, 1.54) is 6.92 Å². The van der Waals surface area contributed by atoms with E-state index in [-0.39, 0.29) is 19.3 Å². The van der Waals surface area contributed by atoms with Crippen LogP contribution in [0.5, 0.6) is 0 Å². The van der Waals surface area contributed by atoms with E-state index in [4.69, 9.17) is 5.73 Å². The first-order chi connectivity index (χ1) is 12.5. The fraction of sp³-hybridized carbons (Fsp3) is 0.500. The normalized spacial score (nSPS) is 14.7. The number of nitrogens with two attached hydrogens (primary N) is 1. The molecule has 1 rings (SSSR count). The summed E-state index contributed by atoms with van der Waals surface area (Å²) in [6, 6.07) is 8.31. The number of primary amides is 1. The lowest BCUT2D eigenvalue weighted by molar-refractivity contribution is -0.156. The summed E-state index contributed by atoms with van der Waals surface area (Å²) in [5.41, 5.74) is 3.48. The van der Waals surface area contributed by atoms with Gasteiger partial charge in [-0.15, -0.1) is 0 Å². The number of carboxylic acid groups (broad SMARTS) is 1. The molecule has 27 heavy (non-hydrogen) atoms. The van der Waals surface area contributed by atoms with Crippen LogP contribution in [-0.4, -0.2) is 29.3 Å². The molecule has 0 aliphatic carbocycles. The summed E-state index contributed by atoms with van der Waals surface area (Å²) in [5, 5.41) is 9.76. The van der Waals surface area contributed by atoms with Gasteiger partial charge in [0.2, 0.25) is 18.2 Å². The van der Waals surface area contributed by atoms with Gasteiger partial charge in [-0.1, -0.05) is 39.0 Å². The van der Waals surface area contributed by atoms with Crippen LogP contribution >= 0.6 is 0 Å². The van der Waals surface area contributed by atoms with Crippen LogP contribution in [-0.2, 0) is 19.2 Å². The van der Waals surface area contributed by atoms with Gasteiger partial charge in [0.05, 0.1) is 17.0 Å². The molecule has 0 aliphatic rings. The van der Waals surface area contributed by atoms with Gasteiger partial charge in [0.1, 0.15) is 0 Å². The highest BCUT2D eigenvalue weighted by Crippen LogP contribution is 2.39. The molecule has 0 heterocycles. The first-order valence-corrected chi connectivity index (χ1v) is 8.88. The molecule has 0 radical (unpaired) electrons. The van der Waals surface area contributed by atoms with Crippen molar-refractivity contribution in [1.29, 1.82) is 0 Å². The molecule has 7 nitrogen and oxygen atoms in total. The number of carboxylic acids is 1. The second-order valence-corrected chi connectivity index (χ2v) is 7.56. The Balaban J connectivity index is 3.31. The third-order valence-electron chi connectivity index (χ3n) is 5.39. The molecular formula is C20H28N2O5. The second kappa shape index (κ2) is 8.79. The Morgan fingerprint density at radius 1 is 1.19 bits per heavy atom. The maximum absolute atomic E-state index is 13.2. The predicted octanol–water partition coefficient (Wildman–Crippen LogP) is 2.58. The molecule has 148 valence electrons. The number of benzene rings is 1. The first kappa shape index (κ1) is 22.3. The molecule has 7 heteroatoms. The number of anilines is 1. The van der Waals surface area contributed by atoms with Crippen molar-refractivity contribution in [3.8, 4) is 0 Å². The standard InChI is InChI=1S/C20H28N2O5/c1-5-20(4,18(26)27)15(11-12-19(2,3)17(21)25)16(24)22(13-23)14-9-7-6-8-10-14/h6-10,13,15H,5,11-12H2,1-4H3,(H2,21,25)(H,26,27). The van der Waals surface area contributed by atoms with Gasteiger partial charge < -0.3 is 10.8 Å². The fourth-order valence-corrected chi connectivity index (χ4v) is 2.89. The molecule has 2 unspecified atom stereocenters. The van der Waals surface area contributed by atoms with E-state index >= 15 is 0 Å². The van der Waals surface area contributed by atoms with Gasteiger partial charge in [-0.2, -0.15) is 0 Å². The van der Waals surface area contributed by atoms with Crippen LogP contribution in [0.2, 0.25) is 0 Å². The zero-order valence-electron chi connectivity index (χ0n) is 16.3. The molecule has 1 aromatic rings. The first-order valence-electron chi connectivity index (χ1n) is 8.88. The van der Waals surface area contributed by atoms with Crippen LogP contribution in [0.25, 0.3) is 0 Å². The number of carbonyl (C=O) groups is 4. The molecule has 0 fully saturated rings. The highest BCUT2D eigenvalue weighted by Gasteiger charge is 2.46. The van der Waals surface area contributed by atoms with Gasteiger partial charge in [-0.3, -0.25) is 24.1 Å². The smallest absolute Gasteiger partial charge is 0.310 e. The number of aliphatic carboxylic acids is 1. The molecule has 0 saturated carbocycles. The molecule has 0 aromatic heterocycles. The average molecular weight is 376 g/mol. The topological polar surface area (TPSA) is 118 Å². The van der Waals surface area contributed by atoms with Crippen LogP contribution < -0.4 is 10.6 Å². The van der Waals surface area contributed by atoms with Crippen molar-refractivity contribution in [1.82, 2.24) is 0 Å². The van der Waals surface area contributed by atoms with Gasteiger partial charge in [-0.25, -0.2) is 0 Å². The van der Waals surface area contributed by atoms with Crippen LogP contribution in [0.3, 0.4) is 0 Å². The van der Waals surface area contributed by atoms with Crippen LogP contribution in [0, 0.1) is 16.7 Å². The van der Waals surface area contributed by atoms with E-state index in [0.29, 0.717) is 12.1 Å². The van der Waals surface area contributed by atoms with Crippen molar-refractivity contribution >= 4 is 29.9 Å². The Labute approximate surface area is 159 Å². The second-order valence-electron chi connectivity index (χ2n) is 7.56. The van der Waals surface area contributed by atoms with E-state index in [1.807, 2.05) is 0 Å². The minimum atomic E-state index is -1.39. The van der Waals surface area contributed by atoms with Crippen molar-refractivity contribution in [3.05, 3.63) is 30.3 Å². The summed E-state index contributed by atoms with van der Waals surface area (Å²) in [6.07, 6.45) is 0.921. The Morgan fingerprint density at radius 2 is 1.74 bits per heavy atom. The van der Waals surface area contributed by atoms with Gasteiger partial charge >= 0.3 is 5.97 Å². The largest absolute Gasteiger partial charge is 0.481 e. The summed E-state index contributed by atoms with van der Waals surface area (Å²) in [5.74, 6) is -3.26. The average Bonchev–Trinajstić information content (AvgIpc) is 2.62. The molecule has 3 amide bonds. The number of imide groups is 1. The summed E-state index contributed by atoms with van der Waals surface area (Å²) >= 11 is 0. The van der Waals surface area contributed by atoms with Crippen LogP contribution in [0.15, 0.2) is 30.3 Å². The number of hydrogen-bond acceptors (Lipinski definition) is 4. The van der Waals surface area contributed by atoms with Gasteiger partial charge in [0, 0.05) is 5.41 Å². The lowest BCUT2D eigenvalue weighted by Gasteiger charge is -2.35. The number of nitrogens with zero attached hydrogens (tertiary/aromatic N) is 1. The molecule has 1 aromatic carbocycles. The molecule has 3 N–H and O–H groups in total. The number of rotatable bonds is 10. The highest BCUT2D eigenvalue weighted by molar-refractivity contribution is 6.09. The number of hydrogen-bond donors (Lipinski definition) is 2. The van der Waals surface area contributed by atoms with Crippen LogP contribution in [0.4, 0.5) is 5.69 Å².